The molecule has 1 aromatic carbocycles. The highest BCUT2D eigenvalue weighted by atomic mass is 19.1. The molecule has 2 heterocycles. The first kappa shape index (κ1) is 38.1. The third-order valence-electron chi connectivity index (χ3n) is 11.9. The van der Waals surface area contributed by atoms with E-state index in [9.17, 15) is 23.6 Å². The number of alkyl halides is 1. The molecular formula is C40H56FN3O8. The van der Waals surface area contributed by atoms with Crippen molar-refractivity contribution < 1.29 is 42.2 Å². The summed E-state index contributed by atoms with van der Waals surface area (Å²) in [5.41, 5.74) is 0.392. The van der Waals surface area contributed by atoms with Gasteiger partial charge >= 0.3 is 12.1 Å². The largest absolute Gasteiger partial charge is 0.460 e. The Bertz CT molecular complexity index is 1570. The monoisotopic (exact) mass is 725 g/mol. The molecule has 12 heteroatoms. The predicted octanol–water partition coefficient (Wildman–Crippen LogP) is 7.42. The van der Waals surface area contributed by atoms with E-state index in [4.69, 9.17) is 18.6 Å². The first-order valence-corrected chi connectivity index (χ1v) is 19.3. The van der Waals surface area contributed by atoms with Crippen molar-refractivity contribution in [3.05, 3.63) is 30.0 Å². The molecule has 2 aromatic rings. The Labute approximate surface area is 306 Å². The van der Waals surface area contributed by atoms with E-state index < -0.39 is 36.4 Å². The number of carbonyl (C=O) groups excluding carboxylic acids is 4. The van der Waals surface area contributed by atoms with Crippen LogP contribution in [-0.2, 0) is 23.8 Å². The van der Waals surface area contributed by atoms with Gasteiger partial charge in [0.15, 0.2) is 0 Å². The Kier molecular flexibility index (Phi) is 12.1. The van der Waals surface area contributed by atoms with Crippen LogP contribution in [-0.4, -0.2) is 79.5 Å². The zero-order valence-electron chi connectivity index (χ0n) is 31.1. The standard InChI is InChI=1S/C40H56FN3O8/c1-40(2,3)52-39(48)43-32(22-41)26-8-10-27(11-9-26)37(46)44-19-18-31(25-12-15-30(49-4)16-13-25)35(44)36(45)42-29-14-17-33-28(20-29)21-34(51-33)38(47)50-23-24-6-5-7-24/h14,17,20-21,24-27,30-32,35H,5-13,15-16,18-19,22-23H2,1-4H3,(H,42,45)(H,43,48)/t25?,26?,27?,30?,31-,32+,35+/m0/s1. The quantitative estimate of drug-likeness (QED) is 0.229. The highest BCUT2D eigenvalue weighted by Crippen LogP contribution is 2.42. The van der Waals surface area contributed by atoms with Crippen molar-refractivity contribution in [2.24, 2.45) is 29.6 Å². The molecule has 52 heavy (non-hydrogen) atoms. The number of likely N-dealkylation sites (tertiary alicyclic amines) is 1. The Balaban J connectivity index is 1.12. The second kappa shape index (κ2) is 16.6. The van der Waals surface area contributed by atoms with Gasteiger partial charge in [0.25, 0.3) is 0 Å². The van der Waals surface area contributed by atoms with Gasteiger partial charge in [0.1, 0.15) is 23.9 Å². The van der Waals surface area contributed by atoms with E-state index in [1.165, 1.54) is 6.42 Å². The number of ether oxygens (including phenoxy) is 3. The second-order valence-corrected chi connectivity index (χ2v) is 16.5. The minimum atomic E-state index is -0.708. The summed E-state index contributed by atoms with van der Waals surface area (Å²) in [6.07, 6.45) is 9.71. The Hall–Kier alpha value is -3.67. The summed E-state index contributed by atoms with van der Waals surface area (Å²) in [4.78, 5) is 55.3. The normalized spacial score (nSPS) is 27.4. The smallest absolute Gasteiger partial charge is 0.407 e. The van der Waals surface area contributed by atoms with Crippen LogP contribution in [0.25, 0.3) is 11.0 Å². The van der Waals surface area contributed by atoms with Crippen LogP contribution in [0.15, 0.2) is 28.7 Å². The van der Waals surface area contributed by atoms with Crippen molar-refractivity contribution in [2.45, 2.75) is 122 Å². The van der Waals surface area contributed by atoms with E-state index in [2.05, 4.69) is 10.6 Å². The third-order valence-corrected chi connectivity index (χ3v) is 11.9. The van der Waals surface area contributed by atoms with Crippen LogP contribution in [0, 0.1) is 29.6 Å². The minimum Gasteiger partial charge on any atom is -0.460 e. The SMILES string of the molecule is COC1CCC([C@@H]2CCN(C(=O)C3CCC([C@@H](CF)NC(=O)OC(C)(C)C)CC3)[C@H]2C(=O)Nc2ccc3oc(C(=O)OCC4CCC4)cc3c2)CC1. The summed E-state index contributed by atoms with van der Waals surface area (Å²) in [7, 11) is 1.74. The minimum absolute atomic E-state index is 0.0155. The Morgan fingerprint density at radius 1 is 0.962 bits per heavy atom. The number of methoxy groups -OCH3 is 1. The van der Waals surface area contributed by atoms with Gasteiger partial charge in [0, 0.05) is 30.6 Å². The average molecular weight is 726 g/mol. The fraction of sp³-hybridized carbons (Fsp3) is 0.700. The number of nitrogens with zero attached hydrogens (tertiary/aromatic N) is 1. The number of anilines is 1. The molecule has 3 saturated carbocycles. The number of furan rings is 1. The molecule has 3 atom stereocenters. The lowest BCUT2D eigenvalue weighted by Crippen LogP contribution is -2.50. The molecule has 1 saturated heterocycles. The highest BCUT2D eigenvalue weighted by molar-refractivity contribution is 6.00. The van der Waals surface area contributed by atoms with E-state index in [1.807, 2.05) is 0 Å². The van der Waals surface area contributed by atoms with Crippen LogP contribution in [0.2, 0.25) is 0 Å². The maximum absolute atomic E-state index is 14.3. The summed E-state index contributed by atoms with van der Waals surface area (Å²) < 4.78 is 36.3. The fourth-order valence-corrected chi connectivity index (χ4v) is 8.75. The van der Waals surface area contributed by atoms with Gasteiger partial charge in [0.05, 0.1) is 18.8 Å². The maximum Gasteiger partial charge on any atom is 0.407 e. The molecule has 0 bridgehead atoms. The van der Waals surface area contributed by atoms with Crippen molar-refractivity contribution in [1.82, 2.24) is 10.2 Å². The van der Waals surface area contributed by atoms with Gasteiger partial charge in [-0.1, -0.05) is 6.42 Å². The van der Waals surface area contributed by atoms with E-state index >= 15 is 0 Å². The molecule has 0 unspecified atom stereocenters. The summed E-state index contributed by atoms with van der Waals surface area (Å²) in [5.74, 6) is -0.260. The van der Waals surface area contributed by atoms with E-state index in [0.717, 1.165) is 44.9 Å². The molecule has 1 aliphatic heterocycles. The van der Waals surface area contributed by atoms with Crippen molar-refractivity contribution in [2.75, 3.05) is 32.3 Å². The first-order valence-electron chi connectivity index (χ1n) is 19.3. The van der Waals surface area contributed by atoms with E-state index in [1.54, 1.807) is 57.0 Å². The van der Waals surface area contributed by atoms with Gasteiger partial charge < -0.3 is 34.2 Å². The number of benzene rings is 1. The number of carbonyl (C=O) groups is 4. The molecule has 286 valence electrons. The van der Waals surface area contributed by atoms with Crippen LogP contribution in [0.5, 0.6) is 0 Å². The highest BCUT2D eigenvalue weighted by Gasteiger charge is 2.47. The molecule has 2 N–H and O–H groups in total. The Morgan fingerprint density at radius 3 is 2.33 bits per heavy atom. The van der Waals surface area contributed by atoms with Gasteiger partial charge in [0.2, 0.25) is 17.6 Å². The number of esters is 1. The fourth-order valence-electron chi connectivity index (χ4n) is 8.75. The van der Waals surface area contributed by atoms with Crippen LogP contribution in [0.3, 0.4) is 0 Å². The first-order chi connectivity index (χ1) is 24.9. The predicted molar refractivity (Wildman–Crippen MR) is 193 cm³/mol. The molecule has 3 amide bonds. The van der Waals surface area contributed by atoms with Crippen LogP contribution in [0.1, 0.15) is 108 Å². The van der Waals surface area contributed by atoms with E-state index in [-0.39, 0.29) is 41.4 Å². The van der Waals surface area contributed by atoms with E-state index in [0.29, 0.717) is 67.3 Å². The van der Waals surface area contributed by atoms with Crippen molar-refractivity contribution in [3.63, 3.8) is 0 Å². The van der Waals surface area contributed by atoms with Gasteiger partial charge in [-0.25, -0.2) is 14.0 Å². The molecule has 4 fully saturated rings. The number of hydrogen-bond donors (Lipinski definition) is 2. The molecule has 3 aliphatic carbocycles. The van der Waals surface area contributed by atoms with Gasteiger partial charge in [-0.2, -0.15) is 0 Å². The van der Waals surface area contributed by atoms with Crippen molar-refractivity contribution in [1.29, 1.82) is 0 Å². The summed E-state index contributed by atoms with van der Waals surface area (Å²) >= 11 is 0. The van der Waals surface area contributed by atoms with Gasteiger partial charge in [-0.05, 0) is 139 Å². The lowest BCUT2D eigenvalue weighted by atomic mass is 9.75. The number of nitrogens with one attached hydrogen (secondary N) is 2. The summed E-state index contributed by atoms with van der Waals surface area (Å²) in [6, 6.07) is 5.61. The molecule has 11 nitrogen and oxygen atoms in total. The lowest BCUT2D eigenvalue weighted by molar-refractivity contribution is -0.142. The number of rotatable bonds is 11. The topological polar surface area (TPSA) is 136 Å². The molecular weight excluding hydrogens is 669 g/mol. The number of fused-ring (bicyclic) bond motifs is 1. The van der Waals surface area contributed by atoms with Gasteiger partial charge in [-0.15, -0.1) is 0 Å². The molecule has 6 rings (SSSR count). The zero-order chi connectivity index (χ0) is 37.0. The molecule has 0 radical (unpaired) electrons. The van der Waals surface area contributed by atoms with Gasteiger partial charge in [-0.3, -0.25) is 9.59 Å². The molecule has 1 aromatic heterocycles. The maximum atomic E-state index is 14.3. The molecule has 4 aliphatic rings. The summed E-state index contributed by atoms with van der Waals surface area (Å²) in [5, 5.41) is 6.47. The summed E-state index contributed by atoms with van der Waals surface area (Å²) in [6.45, 7) is 5.48. The van der Waals surface area contributed by atoms with Crippen LogP contribution >= 0.6 is 0 Å². The second-order valence-electron chi connectivity index (χ2n) is 16.5. The third kappa shape index (κ3) is 9.09. The lowest BCUT2D eigenvalue weighted by Gasteiger charge is -2.38. The average Bonchev–Trinajstić information content (AvgIpc) is 3.74. The number of alkyl carbamates (subject to hydrolysis) is 1. The van der Waals surface area contributed by atoms with Crippen molar-refractivity contribution >= 4 is 40.5 Å². The zero-order valence-corrected chi connectivity index (χ0v) is 31.1. The number of amides is 3. The van der Waals surface area contributed by atoms with Crippen LogP contribution in [0.4, 0.5) is 14.9 Å². The number of hydrogen-bond acceptors (Lipinski definition) is 8. The number of halogens is 1. The molecule has 0 spiro atoms. The van der Waals surface area contributed by atoms with Crippen LogP contribution < -0.4 is 10.6 Å². The Morgan fingerprint density at radius 2 is 1.69 bits per heavy atom. The van der Waals surface area contributed by atoms with Crippen molar-refractivity contribution in [3.8, 4) is 0 Å².